The summed E-state index contributed by atoms with van der Waals surface area (Å²) in [5.74, 6) is -0.329. The predicted molar refractivity (Wildman–Crippen MR) is 76.4 cm³/mol. The summed E-state index contributed by atoms with van der Waals surface area (Å²) in [6.07, 6.45) is 1.26. The zero-order valence-corrected chi connectivity index (χ0v) is 11.9. The molecule has 1 aliphatic rings. The Morgan fingerprint density at radius 1 is 1.35 bits per heavy atom. The SMILES string of the molecule is Cc1ccc(NC(=O)CN(C)C(=O)C2CCCO2)cc1. The third-order valence-corrected chi connectivity index (χ3v) is 3.30. The molecule has 1 fully saturated rings. The Labute approximate surface area is 118 Å². The Balaban J connectivity index is 1.84. The Bertz CT molecular complexity index is 478. The van der Waals surface area contributed by atoms with E-state index in [0.717, 1.165) is 24.1 Å². The summed E-state index contributed by atoms with van der Waals surface area (Å²) in [5, 5.41) is 2.77. The molecular weight excluding hydrogens is 256 g/mol. The quantitative estimate of drug-likeness (QED) is 0.908. The first-order chi connectivity index (χ1) is 9.56. The number of anilines is 1. The maximum atomic E-state index is 12.0. The molecule has 20 heavy (non-hydrogen) atoms. The molecule has 1 aliphatic heterocycles. The molecule has 1 heterocycles. The Hall–Kier alpha value is -1.88. The number of nitrogens with zero attached hydrogens (tertiary/aromatic N) is 1. The number of aryl methyl sites for hydroxylation is 1. The maximum Gasteiger partial charge on any atom is 0.251 e. The molecule has 1 saturated heterocycles. The van der Waals surface area contributed by atoms with Gasteiger partial charge in [0, 0.05) is 19.3 Å². The van der Waals surface area contributed by atoms with Gasteiger partial charge in [0.05, 0.1) is 6.54 Å². The van der Waals surface area contributed by atoms with E-state index in [1.54, 1.807) is 7.05 Å². The van der Waals surface area contributed by atoms with Gasteiger partial charge >= 0.3 is 0 Å². The van der Waals surface area contributed by atoms with Crippen LogP contribution in [0.2, 0.25) is 0 Å². The van der Waals surface area contributed by atoms with Crippen LogP contribution in [0.25, 0.3) is 0 Å². The summed E-state index contributed by atoms with van der Waals surface area (Å²) in [6.45, 7) is 2.64. The smallest absolute Gasteiger partial charge is 0.251 e. The average Bonchev–Trinajstić information content (AvgIpc) is 2.94. The third-order valence-electron chi connectivity index (χ3n) is 3.30. The summed E-state index contributed by atoms with van der Waals surface area (Å²) in [4.78, 5) is 25.3. The van der Waals surface area contributed by atoms with E-state index in [9.17, 15) is 9.59 Å². The van der Waals surface area contributed by atoms with Crippen molar-refractivity contribution >= 4 is 17.5 Å². The first-order valence-corrected chi connectivity index (χ1v) is 6.79. The molecule has 1 unspecified atom stereocenters. The number of hydrogen-bond donors (Lipinski definition) is 1. The fourth-order valence-corrected chi connectivity index (χ4v) is 2.15. The van der Waals surface area contributed by atoms with Gasteiger partial charge in [-0.25, -0.2) is 0 Å². The van der Waals surface area contributed by atoms with Crippen molar-refractivity contribution in [1.82, 2.24) is 4.90 Å². The van der Waals surface area contributed by atoms with Gasteiger partial charge in [-0.2, -0.15) is 0 Å². The molecule has 2 rings (SSSR count). The second-order valence-electron chi connectivity index (χ2n) is 5.11. The maximum absolute atomic E-state index is 12.0. The van der Waals surface area contributed by atoms with Crippen LogP contribution >= 0.6 is 0 Å². The summed E-state index contributed by atoms with van der Waals surface area (Å²) >= 11 is 0. The minimum Gasteiger partial charge on any atom is -0.368 e. The second kappa shape index (κ2) is 6.52. The van der Waals surface area contributed by atoms with Gasteiger partial charge in [-0.1, -0.05) is 17.7 Å². The van der Waals surface area contributed by atoms with Crippen LogP contribution in [0, 0.1) is 6.92 Å². The van der Waals surface area contributed by atoms with Gasteiger partial charge < -0.3 is 15.0 Å². The van der Waals surface area contributed by atoms with E-state index in [0.29, 0.717) is 6.61 Å². The Morgan fingerprint density at radius 3 is 2.65 bits per heavy atom. The van der Waals surface area contributed by atoms with Crippen molar-refractivity contribution in [1.29, 1.82) is 0 Å². The molecule has 2 amide bonds. The van der Waals surface area contributed by atoms with Crippen molar-refractivity contribution < 1.29 is 14.3 Å². The van der Waals surface area contributed by atoms with E-state index in [-0.39, 0.29) is 24.5 Å². The van der Waals surface area contributed by atoms with Crippen molar-refractivity contribution in [3.8, 4) is 0 Å². The highest BCUT2D eigenvalue weighted by molar-refractivity contribution is 5.95. The van der Waals surface area contributed by atoms with Crippen LogP contribution in [0.3, 0.4) is 0 Å². The monoisotopic (exact) mass is 276 g/mol. The lowest BCUT2D eigenvalue weighted by atomic mass is 10.2. The molecule has 1 N–H and O–H groups in total. The number of nitrogens with one attached hydrogen (secondary N) is 1. The number of likely N-dealkylation sites (N-methyl/N-ethyl adjacent to an activating group) is 1. The molecule has 5 heteroatoms. The number of hydrogen-bond acceptors (Lipinski definition) is 3. The molecule has 0 radical (unpaired) electrons. The van der Waals surface area contributed by atoms with Gasteiger partial charge in [0.1, 0.15) is 6.10 Å². The van der Waals surface area contributed by atoms with Crippen LogP contribution in [-0.2, 0) is 14.3 Å². The number of rotatable bonds is 4. The van der Waals surface area contributed by atoms with E-state index in [2.05, 4.69) is 5.32 Å². The first kappa shape index (κ1) is 14.5. The van der Waals surface area contributed by atoms with E-state index in [1.807, 2.05) is 31.2 Å². The van der Waals surface area contributed by atoms with Gasteiger partial charge in [-0.15, -0.1) is 0 Å². The molecule has 1 aromatic carbocycles. The number of carbonyl (C=O) groups excluding carboxylic acids is 2. The summed E-state index contributed by atoms with van der Waals surface area (Å²) in [6, 6.07) is 7.54. The molecule has 0 aliphatic carbocycles. The number of carbonyl (C=O) groups is 2. The van der Waals surface area contributed by atoms with Gasteiger partial charge in [0.15, 0.2) is 0 Å². The van der Waals surface area contributed by atoms with Gasteiger partial charge in [-0.05, 0) is 31.9 Å². The Kier molecular flexibility index (Phi) is 4.74. The van der Waals surface area contributed by atoms with Crippen molar-refractivity contribution in [2.75, 3.05) is 25.5 Å². The van der Waals surface area contributed by atoms with Crippen LogP contribution in [0.15, 0.2) is 24.3 Å². The lowest BCUT2D eigenvalue weighted by Crippen LogP contribution is -2.40. The number of amides is 2. The third kappa shape index (κ3) is 3.81. The second-order valence-corrected chi connectivity index (χ2v) is 5.11. The molecule has 0 saturated carbocycles. The van der Waals surface area contributed by atoms with Crippen molar-refractivity contribution in [3.63, 3.8) is 0 Å². The van der Waals surface area contributed by atoms with Gasteiger partial charge in [-0.3, -0.25) is 9.59 Å². The lowest BCUT2D eigenvalue weighted by Gasteiger charge is -2.20. The molecule has 1 aromatic rings. The van der Waals surface area contributed by atoms with Crippen LogP contribution in [0.1, 0.15) is 18.4 Å². The van der Waals surface area contributed by atoms with Crippen molar-refractivity contribution in [2.45, 2.75) is 25.9 Å². The minimum atomic E-state index is -0.382. The average molecular weight is 276 g/mol. The molecule has 1 atom stereocenters. The van der Waals surface area contributed by atoms with Gasteiger partial charge in [0.2, 0.25) is 5.91 Å². The fraction of sp³-hybridized carbons (Fsp3) is 0.467. The lowest BCUT2D eigenvalue weighted by molar-refractivity contribution is -0.141. The van der Waals surface area contributed by atoms with Crippen LogP contribution in [0.4, 0.5) is 5.69 Å². The van der Waals surface area contributed by atoms with E-state index >= 15 is 0 Å². The van der Waals surface area contributed by atoms with Crippen LogP contribution < -0.4 is 5.32 Å². The highest BCUT2D eigenvalue weighted by Crippen LogP contribution is 2.14. The molecule has 0 bridgehead atoms. The van der Waals surface area contributed by atoms with Gasteiger partial charge in [0.25, 0.3) is 5.91 Å². The van der Waals surface area contributed by atoms with E-state index < -0.39 is 0 Å². The van der Waals surface area contributed by atoms with E-state index in [4.69, 9.17) is 4.74 Å². The zero-order valence-electron chi connectivity index (χ0n) is 11.9. The normalized spacial score (nSPS) is 17.8. The molecular formula is C15H20N2O3. The molecule has 0 aromatic heterocycles. The highest BCUT2D eigenvalue weighted by atomic mass is 16.5. The largest absolute Gasteiger partial charge is 0.368 e. The van der Waals surface area contributed by atoms with Crippen molar-refractivity contribution in [3.05, 3.63) is 29.8 Å². The molecule has 0 spiro atoms. The van der Waals surface area contributed by atoms with E-state index in [1.165, 1.54) is 4.90 Å². The van der Waals surface area contributed by atoms with Crippen molar-refractivity contribution in [2.24, 2.45) is 0 Å². The minimum absolute atomic E-state index is 0.0343. The standard InChI is InChI=1S/C15H20N2O3/c1-11-5-7-12(8-6-11)16-14(18)10-17(2)15(19)13-4-3-9-20-13/h5-8,13H,3-4,9-10H2,1-2H3,(H,16,18). The summed E-state index contributed by atoms with van der Waals surface area (Å²) < 4.78 is 5.33. The summed E-state index contributed by atoms with van der Waals surface area (Å²) in [7, 11) is 1.62. The topological polar surface area (TPSA) is 58.6 Å². The number of benzene rings is 1. The van der Waals surface area contributed by atoms with Crippen LogP contribution in [-0.4, -0.2) is 43.0 Å². The highest BCUT2D eigenvalue weighted by Gasteiger charge is 2.27. The fourth-order valence-electron chi connectivity index (χ4n) is 2.15. The first-order valence-electron chi connectivity index (χ1n) is 6.79. The number of ether oxygens (including phenoxy) is 1. The van der Waals surface area contributed by atoms with Crippen LogP contribution in [0.5, 0.6) is 0 Å². The zero-order chi connectivity index (χ0) is 14.5. The molecule has 5 nitrogen and oxygen atoms in total. The predicted octanol–water partition coefficient (Wildman–Crippen LogP) is 1.57. The molecule has 108 valence electrons. The summed E-state index contributed by atoms with van der Waals surface area (Å²) in [5.41, 5.74) is 1.87. The Morgan fingerprint density at radius 2 is 2.05 bits per heavy atom.